The number of nitrogens with zero attached hydrogens (tertiary/aromatic N) is 6. The summed E-state index contributed by atoms with van der Waals surface area (Å²) >= 11 is 0. The van der Waals surface area contributed by atoms with Gasteiger partial charge < -0.3 is 53.5 Å². The Morgan fingerprint density at radius 3 is 1.18 bits per heavy atom. The van der Waals surface area contributed by atoms with Gasteiger partial charge in [0.2, 0.25) is 17.7 Å². The minimum atomic E-state index is -4.37. The summed E-state index contributed by atoms with van der Waals surface area (Å²) < 4.78 is 87.3. The normalized spacial score (nSPS) is 22.2. The van der Waals surface area contributed by atoms with Crippen LogP contribution >= 0.6 is 0 Å². The third-order valence-corrected chi connectivity index (χ3v) is 21.3. The van der Waals surface area contributed by atoms with Crippen molar-refractivity contribution in [2.75, 3.05) is 145 Å². The first-order valence-electron chi connectivity index (χ1n) is 39.8. The zero-order chi connectivity index (χ0) is 78.2. The number of carbonyl (C=O) groups excluding carboxylic acids is 5. The molecule has 0 saturated carbocycles. The molecule has 9 rings (SSSR count). The number of methoxy groups -OCH3 is 2. The molecule has 0 aliphatic carbocycles. The Labute approximate surface area is 619 Å². The maximum absolute atomic E-state index is 13.3. The van der Waals surface area contributed by atoms with Crippen LogP contribution in [0.5, 0.6) is 0 Å². The molecule has 2 atom stereocenters. The molecular weight excluding hydrogens is 1310 g/mol. The highest BCUT2D eigenvalue weighted by atomic mass is 19.4. The number of halogens is 5. The van der Waals surface area contributed by atoms with E-state index >= 15 is 0 Å². The smallest absolute Gasteiger partial charge is 0.409 e. The molecule has 0 bridgehead atoms. The average molecular weight is 1470 g/mol. The molecule has 604 valence electrons. The fraction of sp³-hybridized carbons (Fsp3) is 0.938. The topological polar surface area (TPSA) is 163 Å². The van der Waals surface area contributed by atoms with Gasteiger partial charge in [0.1, 0.15) is 6.42 Å². The lowest BCUT2D eigenvalue weighted by Gasteiger charge is -2.44. The van der Waals surface area contributed by atoms with Gasteiger partial charge in [0, 0.05) is 85.1 Å². The summed E-state index contributed by atoms with van der Waals surface area (Å²) in [6.45, 7) is 62.4. The lowest BCUT2D eigenvalue weighted by atomic mass is 9.73. The summed E-state index contributed by atoms with van der Waals surface area (Å²) in [6, 6.07) is 0.746. The first-order valence-corrected chi connectivity index (χ1v) is 39.8. The predicted molar refractivity (Wildman–Crippen MR) is 406 cm³/mol. The largest absolute Gasteiger partial charge is 0.453 e. The number of likely N-dealkylation sites (tertiary alicyclic amines) is 6. The van der Waals surface area contributed by atoms with Crippen molar-refractivity contribution < 1.29 is 69.6 Å². The molecule has 0 radical (unpaired) electrons. The highest BCUT2D eigenvalue weighted by Gasteiger charge is 2.47. The van der Waals surface area contributed by atoms with Crippen molar-refractivity contribution >= 4 is 29.9 Å². The summed E-state index contributed by atoms with van der Waals surface area (Å²) in [6.07, 6.45) is 9.40. The first kappa shape index (κ1) is 98.4. The van der Waals surface area contributed by atoms with Crippen molar-refractivity contribution in [3.05, 3.63) is 0 Å². The Morgan fingerprint density at radius 1 is 0.480 bits per heavy atom. The minimum absolute atomic E-state index is 0.148. The molecule has 0 aromatic rings. The fourth-order valence-electron chi connectivity index (χ4n) is 14.0. The Kier molecular flexibility index (Phi) is 48.3. The van der Waals surface area contributed by atoms with Gasteiger partial charge in [-0.05, 0) is 174 Å². The van der Waals surface area contributed by atoms with Gasteiger partial charge in [-0.15, -0.1) is 0 Å². The first-order chi connectivity index (χ1) is 47.7. The van der Waals surface area contributed by atoms with E-state index in [9.17, 15) is 45.9 Å². The zero-order valence-corrected chi connectivity index (χ0v) is 69.3. The highest BCUT2D eigenvalue weighted by molar-refractivity contribution is 5.79. The molecule has 22 heteroatoms. The van der Waals surface area contributed by atoms with Crippen LogP contribution in [0.1, 0.15) is 255 Å². The van der Waals surface area contributed by atoms with Crippen LogP contribution in [0.3, 0.4) is 0 Å². The molecule has 0 spiro atoms. The number of carbonyl (C=O) groups is 5. The molecule has 17 nitrogen and oxygen atoms in total. The number of hydrogen-bond acceptors (Lipinski definition) is 12. The van der Waals surface area contributed by atoms with E-state index in [1.165, 1.54) is 50.8 Å². The summed E-state index contributed by atoms with van der Waals surface area (Å²) in [5.41, 5.74) is 0.941. The summed E-state index contributed by atoms with van der Waals surface area (Å²) in [5, 5.41) is 2.73. The molecule has 0 aromatic heterocycles. The summed E-state index contributed by atoms with van der Waals surface area (Å²) in [4.78, 5) is 68.8. The lowest BCUT2D eigenvalue weighted by molar-refractivity contribution is -0.162. The predicted octanol–water partition coefficient (Wildman–Crippen LogP) is 17.7. The standard InChI is InChI=1S/C12H23NO2.C12H23NO.C11H19NO2.C11H21NO2.C10H19NO2.C9H14F3NO.C9H17F2N.3C2H6/c1-5-15-11(14)13-8-6-10(7-9-13)12(2,3)4;1-12(2,3)10-4-6-13(7-5-10)11-8-14-9-11;1-9-2-5-12(6-3-9)11(13)10-4-7-14-8-10;1-11(2,3)9-5-7-12(8-6-9)10(13)14-4;1-9-3-6-11(7-4-9)10(12)5-8-13-2;1-7-2-4-13(5-3-7)8(14)6-9(10,11)12;1-8(2,3)7-4-5-12-6-9(7,10)11;3*1-2/h10H,5-9H2,1-4H3;10-11H,4-9H2,1-3H3;9-10H,2-8H2,1H3;9H,5-8H2,1-4H3;9H,3-8H2,1-2H3;7H,2-6H2,1H3;7,12H,4-6H2,1-3H3;3*1-2H3. The third-order valence-electron chi connectivity index (χ3n) is 21.3. The van der Waals surface area contributed by atoms with Gasteiger partial charge in [0.25, 0.3) is 5.92 Å². The molecule has 5 amide bonds. The van der Waals surface area contributed by atoms with Crippen LogP contribution in [-0.2, 0) is 38.1 Å². The Bertz CT molecular complexity index is 2200. The van der Waals surface area contributed by atoms with Crippen LogP contribution in [0, 0.1) is 69.0 Å². The van der Waals surface area contributed by atoms with Gasteiger partial charge in [0.15, 0.2) is 0 Å². The van der Waals surface area contributed by atoms with Gasteiger partial charge in [-0.3, -0.25) is 19.3 Å². The Morgan fingerprint density at radius 2 is 0.863 bits per heavy atom. The number of hydrogen-bond donors (Lipinski definition) is 1. The van der Waals surface area contributed by atoms with Crippen LogP contribution < -0.4 is 5.32 Å². The fourth-order valence-corrected chi connectivity index (χ4v) is 14.0. The Hall–Kier alpha value is -3.60. The maximum Gasteiger partial charge on any atom is 0.409 e. The molecular formula is C80H154F5N7O10. The summed E-state index contributed by atoms with van der Waals surface area (Å²) in [7, 11) is 3.07. The highest BCUT2D eigenvalue weighted by Crippen LogP contribution is 2.42. The molecule has 0 aromatic carbocycles. The van der Waals surface area contributed by atoms with Crippen LogP contribution in [0.2, 0.25) is 0 Å². The van der Waals surface area contributed by atoms with Crippen molar-refractivity contribution in [3.8, 4) is 0 Å². The van der Waals surface area contributed by atoms with E-state index in [1.807, 2.05) is 90.9 Å². The van der Waals surface area contributed by atoms with Crippen LogP contribution in [-0.4, -0.2) is 223 Å². The molecule has 2 unspecified atom stereocenters. The zero-order valence-electron chi connectivity index (χ0n) is 69.3. The lowest BCUT2D eigenvalue weighted by Crippen LogP contribution is -2.52. The maximum atomic E-state index is 13.3. The molecule has 9 aliphatic heterocycles. The van der Waals surface area contributed by atoms with Crippen molar-refractivity contribution in [1.82, 2.24) is 34.7 Å². The van der Waals surface area contributed by atoms with Crippen molar-refractivity contribution in [2.24, 2.45) is 69.0 Å². The van der Waals surface area contributed by atoms with E-state index in [1.54, 1.807) is 12.0 Å². The molecule has 1 N–H and O–H groups in total. The van der Waals surface area contributed by atoms with Gasteiger partial charge in [-0.25, -0.2) is 18.4 Å². The van der Waals surface area contributed by atoms with E-state index in [-0.39, 0.29) is 36.0 Å². The average Bonchev–Trinajstić information content (AvgIpc) is 0.953. The molecule has 9 fully saturated rings. The van der Waals surface area contributed by atoms with E-state index in [0.29, 0.717) is 73.8 Å². The second-order valence-electron chi connectivity index (χ2n) is 33.2. The van der Waals surface area contributed by atoms with Gasteiger partial charge in [-0.2, -0.15) is 13.2 Å². The number of amides is 5. The van der Waals surface area contributed by atoms with E-state index in [0.717, 1.165) is 172 Å². The van der Waals surface area contributed by atoms with Crippen LogP contribution in [0.15, 0.2) is 0 Å². The van der Waals surface area contributed by atoms with Gasteiger partial charge in [0.05, 0.1) is 65.1 Å². The van der Waals surface area contributed by atoms with Crippen LogP contribution in [0.25, 0.3) is 0 Å². The number of alkyl halides is 5. The summed E-state index contributed by atoms with van der Waals surface area (Å²) in [5.74, 6) is 1.39. The van der Waals surface area contributed by atoms with Gasteiger partial charge >= 0.3 is 18.4 Å². The number of ether oxygens (including phenoxy) is 5. The monoisotopic (exact) mass is 1470 g/mol. The quantitative estimate of drug-likeness (QED) is 0.240. The van der Waals surface area contributed by atoms with Gasteiger partial charge in [-0.1, -0.05) is 145 Å². The molecule has 9 saturated heterocycles. The number of rotatable bonds is 7. The number of nitrogens with one attached hydrogen (secondary N) is 1. The SMILES string of the molecule is CC.CC.CC.CC(C)(C)C1CCN(C2COC2)CC1.CC(C)(C)C1CCNCC1(F)F.CC1CCN(C(=O)C2CCOC2)CC1.CC1CCN(C(=O)CC(F)(F)F)CC1.CCOC(=O)N1CCC(C(C)(C)C)CC1.COC(=O)N1CCC(C(C)(C)C)CC1.COCCC(=O)N1CCC(C)CC1. The minimum Gasteiger partial charge on any atom is -0.453 e. The molecule has 9 aliphatic rings. The molecule has 9 heterocycles. The van der Waals surface area contributed by atoms with Crippen LogP contribution in [0.4, 0.5) is 31.5 Å². The molecule has 102 heavy (non-hydrogen) atoms. The second-order valence-corrected chi connectivity index (χ2v) is 33.2. The van der Waals surface area contributed by atoms with E-state index in [2.05, 4.69) is 86.4 Å². The van der Waals surface area contributed by atoms with E-state index < -0.39 is 30.3 Å². The number of piperidine rings is 7. The Balaban J connectivity index is 0.00000115. The third kappa shape index (κ3) is 39.3. The second kappa shape index (κ2) is 50.1. The van der Waals surface area contributed by atoms with E-state index in [4.69, 9.17) is 23.7 Å². The van der Waals surface area contributed by atoms with Crippen molar-refractivity contribution in [2.45, 2.75) is 273 Å². The van der Waals surface area contributed by atoms with Crippen molar-refractivity contribution in [1.29, 1.82) is 0 Å². The van der Waals surface area contributed by atoms with Crippen molar-refractivity contribution in [3.63, 3.8) is 0 Å².